The minimum Gasteiger partial charge on any atom is -0.368 e. The van der Waals surface area contributed by atoms with E-state index in [1.165, 1.54) is 0 Å². The maximum Gasteiger partial charge on any atom is 0.276 e. The highest BCUT2D eigenvalue weighted by molar-refractivity contribution is 5.93. The summed E-state index contributed by atoms with van der Waals surface area (Å²) in [5.74, 6) is 0.836. The van der Waals surface area contributed by atoms with Gasteiger partial charge < -0.3 is 14.7 Å². The molecule has 9 nitrogen and oxygen atoms in total. The molecule has 27 heavy (non-hydrogen) atoms. The van der Waals surface area contributed by atoms with Crippen molar-refractivity contribution in [3.63, 3.8) is 0 Å². The number of piperazine rings is 1. The summed E-state index contributed by atoms with van der Waals surface area (Å²) in [5, 5.41) is 8.78. The zero-order valence-corrected chi connectivity index (χ0v) is 15.7. The van der Waals surface area contributed by atoms with E-state index in [9.17, 15) is 4.79 Å². The molecule has 3 aromatic rings. The fraction of sp³-hybridized carbons (Fsp3) is 0.389. The summed E-state index contributed by atoms with van der Waals surface area (Å²) in [5.41, 5.74) is 2.44. The van der Waals surface area contributed by atoms with Crippen LogP contribution in [-0.2, 0) is 7.05 Å². The van der Waals surface area contributed by atoms with Crippen LogP contribution < -0.4 is 9.80 Å². The molecule has 1 amide bonds. The fourth-order valence-electron chi connectivity index (χ4n) is 3.36. The number of carbonyl (C=O) groups excluding carboxylic acids is 1. The van der Waals surface area contributed by atoms with Crippen LogP contribution in [0.1, 0.15) is 10.5 Å². The van der Waals surface area contributed by atoms with Crippen LogP contribution >= 0.6 is 0 Å². The zero-order chi connectivity index (χ0) is 19.0. The molecule has 140 valence electrons. The Bertz CT molecular complexity index is 974. The largest absolute Gasteiger partial charge is 0.368 e. The second-order valence-electron chi connectivity index (χ2n) is 6.85. The molecule has 0 N–H and O–H groups in total. The van der Waals surface area contributed by atoms with Crippen molar-refractivity contribution in [2.75, 3.05) is 50.1 Å². The van der Waals surface area contributed by atoms with Crippen LogP contribution in [-0.4, -0.2) is 76.0 Å². The molecule has 0 aliphatic carbocycles. The van der Waals surface area contributed by atoms with Crippen LogP contribution in [0.5, 0.6) is 0 Å². The van der Waals surface area contributed by atoms with E-state index in [1.807, 2.05) is 30.0 Å². The first kappa shape index (κ1) is 17.2. The number of hydrogen-bond donors (Lipinski definition) is 0. The van der Waals surface area contributed by atoms with Gasteiger partial charge in [0, 0.05) is 58.4 Å². The summed E-state index contributed by atoms with van der Waals surface area (Å²) in [6.45, 7) is 2.84. The van der Waals surface area contributed by atoms with Gasteiger partial charge in [0.05, 0.1) is 11.7 Å². The predicted molar refractivity (Wildman–Crippen MR) is 103 cm³/mol. The van der Waals surface area contributed by atoms with Gasteiger partial charge in [-0.15, -0.1) is 5.10 Å². The molecule has 0 radical (unpaired) electrons. The third-order valence-electron chi connectivity index (χ3n) is 4.78. The maximum absolute atomic E-state index is 12.5. The molecule has 0 atom stereocenters. The second-order valence-corrected chi connectivity index (χ2v) is 6.85. The van der Waals surface area contributed by atoms with E-state index in [0.717, 1.165) is 35.5 Å². The number of benzene rings is 1. The van der Waals surface area contributed by atoms with Gasteiger partial charge in [-0.2, -0.15) is 0 Å². The van der Waals surface area contributed by atoms with Crippen molar-refractivity contribution in [1.82, 2.24) is 29.9 Å². The van der Waals surface area contributed by atoms with Crippen molar-refractivity contribution in [3.8, 4) is 0 Å². The van der Waals surface area contributed by atoms with Crippen LogP contribution in [0.3, 0.4) is 0 Å². The van der Waals surface area contributed by atoms with Gasteiger partial charge in [0.1, 0.15) is 12.1 Å². The lowest BCUT2D eigenvalue weighted by Crippen LogP contribution is -2.48. The standard InChI is InChI=1S/C18H22N8O/c1-23(2)17-14-10-13(4-5-15(14)19-12-20-17)25-6-8-26(9-7-25)18(27)16-11-24(3)22-21-16/h4-5,10-12H,6-9H2,1-3H3. The van der Waals surface area contributed by atoms with Crippen molar-refractivity contribution < 1.29 is 4.79 Å². The third-order valence-corrected chi connectivity index (χ3v) is 4.78. The number of aryl methyl sites for hydroxylation is 1. The highest BCUT2D eigenvalue weighted by Gasteiger charge is 2.24. The number of nitrogens with zero attached hydrogens (tertiary/aromatic N) is 8. The first-order valence-electron chi connectivity index (χ1n) is 8.85. The molecule has 1 fully saturated rings. The van der Waals surface area contributed by atoms with Gasteiger partial charge in [-0.3, -0.25) is 9.48 Å². The average Bonchev–Trinajstić information content (AvgIpc) is 3.13. The topological polar surface area (TPSA) is 83.3 Å². The Morgan fingerprint density at radius 3 is 2.56 bits per heavy atom. The average molecular weight is 366 g/mol. The molecule has 1 aliphatic rings. The summed E-state index contributed by atoms with van der Waals surface area (Å²) in [4.78, 5) is 27.4. The molecule has 1 aromatic carbocycles. The van der Waals surface area contributed by atoms with Gasteiger partial charge in [-0.25, -0.2) is 9.97 Å². The van der Waals surface area contributed by atoms with E-state index in [-0.39, 0.29) is 5.91 Å². The molecule has 3 heterocycles. The molecule has 2 aromatic heterocycles. The Labute approximate surface area is 157 Å². The van der Waals surface area contributed by atoms with E-state index in [0.29, 0.717) is 18.8 Å². The SMILES string of the molecule is CN(C)c1ncnc2ccc(N3CCN(C(=O)c4cn(C)nn4)CC3)cc12. The smallest absolute Gasteiger partial charge is 0.276 e. The summed E-state index contributed by atoms with van der Waals surface area (Å²) in [7, 11) is 5.71. The van der Waals surface area contributed by atoms with Crippen molar-refractivity contribution in [1.29, 1.82) is 0 Å². The molecule has 0 saturated carbocycles. The minimum atomic E-state index is -0.0652. The molecule has 0 unspecified atom stereocenters. The van der Waals surface area contributed by atoms with E-state index in [1.54, 1.807) is 24.3 Å². The van der Waals surface area contributed by atoms with Crippen molar-refractivity contribution in [2.45, 2.75) is 0 Å². The second kappa shape index (κ2) is 6.82. The summed E-state index contributed by atoms with van der Waals surface area (Å²) < 4.78 is 1.54. The van der Waals surface area contributed by atoms with Gasteiger partial charge in [0.15, 0.2) is 5.69 Å². The normalized spacial score (nSPS) is 14.6. The van der Waals surface area contributed by atoms with Crippen LogP contribution in [0.2, 0.25) is 0 Å². The number of hydrogen-bond acceptors (Lipinski definition) is 7. The Hall–Kier alpha value is -3.23. The third kappa shape index (κ3) is 3.27. The molecule has 0 spiro atoms. The number of carbonyl (C=O) groups is 1. The van der Waals surface area contributed by atoms with Crippen molar-refractivity contribution in [3.05, 3.63) is 36.4 Å². The van der Waals surface area contributed by atoms with E-state index >= 15 is 0 Å². The van der Waals surface area contributed by atoms with Gasteiger partial charge in [-0.1, -0.05) is 5.21 Å². The fourth-order valence-corrected chi connectivity index (χ4v) is 3.36. The summed E-state index contributed by atoms with van der Waals surface area (Å²) in [6.07, 6.45) is 3.25. The first-order chi connectivity index (χ1) is 13.0. The lowest BCUT2D eigenvalue weighted by molar-refractivity contribution is 0.0740. The lowest BCUT2D eigenvalue weighted by Gasteiger charge is -2.36. The first-order valence-corrected chi connectivity index (χ1v) is 8.85. The molecule has 1 aliphatic heterocycles. The molecular formula is C18H22N8O. The molecular weight excluding hydrogens is 344 g/mol. The Kier molecular flexibility index (Phi) is 4.35. The predicted octanol–water partition coefficient (Wildman–Crippen LogP) is 0.787. The van der Waals surface area contributed by atoms with Gasteiger partial charge in [0.25, 0.3) is 5.91 Å². The number of rotatable bonds is 3. The zero-order valence-electron chi connectivity index (χ0n) is 15.7. The Morgan fingerprint density at radius 2 is 1.89 bits per heavy atom. The molecule has 0 bridgehead atoms. The molecule has 4 rings (SSSR count). The monoisotopic (exact) mass is 366 g/mol. The Balaban J connectivity index is 1.51. The van der Waals surface area contributed by atoms with E-state index in [2.05, 4.69) is 37.3 Å². The highest BCUT2D eigenvalue weighted by atomic mass is 16.2. The maximum atomic E-state index is 12.5. The molecule has 9 heteroatoms. The van der Waals surface area contributed by atoms with Crippen molar-refractivity contribution >= 4 is 28.3 Å². The summed E-state index contributed by atoms with van der Waals surface area (Å²) in [6, 6.07) is 6.23. The summed E-state index contributed by atoms with van der Waals surface area (Å²) >= 11 is 0. The van der Waals surface area contributed by atoms with Crippen LogP contribution in [0, 0.1) is 0 Å². The van der Waals surface area contributed by atoms with E-state index in [4.69, 9.17) is 0 Å². The van der Waals surface area contributed by atoms with Gasteiger partial charge >= 0.3 is 0 Å². The van der Waals surface area contributed by atoms with Crippen LogP contribution in [0.25, 0.3) is 10.9 Å². The van der Waals surface area contributed by atoms with Crippen molar-refractivity contribution in [2.24, 2.45) is 7.05 Å². The molecule has 1 saturated heterocycles. The van der Waals surface area contributed by atoms with Gasteiger partial charge in [0.2, 0.25) is 0 Å². The number of fused-ring (bicyclic) bond motifs is 1. The quantitative estimate of drug-likeness (QED) is 0.677. The minimum absolute atomic E-state index is 0.0652. The lowest BCUT2D eigenvalue weighted by atomic mass is 10.1. The highest BCUT2D eigenvalue weighted by Crippen LogP contribution is 2.27. The van der Waals surface area contributed by atoms with Gasteiger partial charge in [-0.05, 0) is 18.2 Å². The van der Waals surface area contributed by atoms with Crippen LogP contribution in [0.15, 0.2) is 30.7 Å². The van der Waals surface area contributed by atoms with Crippen LogP contribution in [0.4, 0.5) is 11.5 Å². The Morgan fingerprint density at radius 1 is 1.11 bits per heavy atom. The number of amides is 1. The number of aromatic nitrogens is 5. The van der Waals surface area contributed by atoms with E-state index < -0.39 is 0 Å². The number of anilines is 2.